The number of amides is 1. The van der Waals surface area contributed by atoms with E-state index < -0.39 is 0 Å². The van der Waals surface area contributed by atoms with Crippen molar-refractivity contribution in [3.8, 4) is 0 Å². The molecule has 1 saturated carbocycles. The van der Waals surface area contributed by atoms with Crippen LogP contribution in [0, 0.1) is 11.2 Å². The molecule has 0 unspecified atom stereocenters. The van der Waals surface area contributed by atoms with E-state index in [2.05, 4.69) is 0 Å². The third-order valence-electron chi connectivity index (χ3n) is 3.63. The summed E-state index contributed by atoms with van der Waals surface area (Å²) in [6, 6.07) is 6.18. The van der Waals surface area contributed by atoms with Gasteiger partial charge in [-0.1, -0.05) is 12.1 Å². The minimum atomic E-state index is -0.302. The number of halogens is 1. The summed E-state index contributed by atoms with van der Waals surface area (Å²) in [7, 11) is 1.79. The molecule has 0 bridgehead atoms. The van der Waals surface area contributed by atoms with Gasteiger partial charge in [0.2, 0.25) is 5.91 Å². The fraction of sp³-hybridized carbons (Fsp3) is 0.500. The van der Waals surface area contributed by atoms with Crippen LogP contribution in [0.25, 0.3) is 0 Å². The number of benzene rings is 1. The highest BCUT2D eigenvalue weighted by atomic mass is 19.1. The molecule has 0 saturated heterocycles. The Labute approximate surface area is 107 Å². The average molecular weight is 250 g/mol. The standard InChI is InChI=1S/C14H19FN2O/c1-17(10-14(9-16)5-6-14)13(18)8-11-3-2-4-12(15)7-11/h2-4,7H,5-6,8-10,16H2,1H3. The summed E-state index contributed by atoms with van der Waals surface area (Å²) in [5.74, 6) is -0.288. The first-order valence-corrected chi connectivity index (χ1v) is 6.23. The molecule has 0 heterocycles. The van der Waals surface area contributed by atoms with Crippen LogP contribution in [0.5, 0.6) is 0 Å². The van der Waals surface area contributed by atoms with Crippen LogP contribution in [0.4, 0.5) is 4.39 Å². The van der Waals surface area contributed by atoms with Gasteiger partial charge in [0, 0.05) is 19.0 Å². The Balaban J connectivity index is 1.91. The smallest absolute Gasteiger partial charge is 0.226 e. The molecular formula is C14H19FN2O. The number of carbonyl (C=O) groups is 1. The third kappa shape index (κ3) is 3.07. The fourth-order valence-electron chi connectivity index (χ4n) is 2.15. The summed E-state index contributed by atoms with van der Waals surface area (Å²) >= 11 is 0. The lowest BCUT2D eigenvalue weighted by atomic mass is 10.1. The molecule has 98 valence electrons. The molecule has 1 fully saturated rings. The molecule has 4 heteroatoms. The Hall–Kier alpha value is -1.42. The number of likely N-dealkylation sites (N-methyl/N-ethyl adjacent to an activating group) is 1. The Morgan fingerprint density at radius 1 is 1.50 bits per heavy atom. The van der Waals surface area contributed by atoms with Crippen molar-refractivity contribution in [3.05, 3.63) is 35.6 Å². The van der Waals surface area contributed by atoms with Crippen LogP contribution in [-0.2, 0) is 11.2 Å². The summed E-state index contributed by atoms with van der Waals surface area (Å²) in [4.78, 5) is 13.7. The molecule has 1 aliphatic carbocycles. The van der Waals surface area contributed by atoms with Crippen LogP contribution in [0.2, 0.25) is 0 Å². The van der Waals surface area contributed by atoms with E-state index in [1.165, 1.54) is 12.1 Å². The minimum absolute atomic E-state index is 0.0142. The van der Waals surface area contributed by atoms with Crippen LogP contribution in [0.1, 0.15) is 18.4 Å². The molecule has 0 spiro atoms. The van der Waals surface area contributed by atoms with E-state index in [0.29, 0.717) is 18.7 Å². The van der Waals surface area contributed by atoms with Gasteiger partial charge in [-0.05, 0) is 37.1 Å². The summed E-state index contributed by atoms with van der Waals surface area (Å²) in [5.41, 5.74) is 6.56. The Kier molecular flexibility index (Phi) is 3.66. The zero-order valence-corrected chi connectivity index (χ0v) is 10.7. The lowest BCUT2D eigenvalue weighted by Gasteiger charge is -2.22. The highest BCUT2D eigenvalue weighted by molar-refractivity contribution is 5.78. The number of rotatable bonds is 5. The second kappa shape index (κ2) is 5.06. The predicted molar refractivity (Wildman–Crippen MR) is 68.5 cm³/mol. The van der Waals surface area contributed by atoms with Crippen LogP contribution in [0.3, 0.4) is 0 Å². The van der Waals surface area contributed by atoms with Crippen molar-refractivity contribution in [3.63, 3.8) is 0 Å². The van der Waals surface area contributed by atoms with Gasteiger partial charge >= 0.3 is 0 Å². The zero-order chi connectivity index (χ0) is 13.2. The van der Waals surface area contributed by atoms with Crippen LogP contribution in [-0.4, -0.2) is 30.9 Å². The maximum Gasteiger partial charge on any atom is 0.226 e. The largest absolute Gasteiger partial charge is 0.345 e. The van der Waals surface area contributed by atoms with Crippen molar-refractivity contribution in [2.24, 2.45) is 11.1 Å². The molecule has 0 aromatic heterocycles. The third-order valence-corrected chi connectivity index (χ3v) is 3.63. The SMILES string of the molecule is CN(CC1(CN)CC1)C(=O)Cc1cccc(F)c1. The molecule has 1 amide bonds. The van der Waals surface area contributed by atoms with E-state index in [0.717, 1.165) is 12.8 Å². The molecule has 2 N–H and O–H groups in total. The summed E-state index contributed by atoms with van der Waals surface area (Å²) in [6.07, 6.45) is 2.44. The van der Waals surface area contributed by atoms with Gasteiger partial charge < -0.3 is 10.6 Å². The van der Waals surface area contributed by atoms with Gasteiger partial charge in [-0.3, -0.25) is 4.79 Å². The van der Waals surface area contributed by atoms with E-state index in [4.69, 9.17) is 5.73 Å². The predicted octanol–water partition coefficient (Wildman–Crippen LogP) is 1.57. The Bertz CT molecular complexity index is 443. The second-order valence-corrected chi connectivity index (χ2v) is 5.26. The van der Waals surface area contributed by atoms with E-state index in [1.807, 2.05) is 0 Å². The number of hydrogen-bond acceptors (Lipinski definition) is 2. The van der Waals surface area contributed by atoms with Crippen molar-refractivity contribution >= 4 is 5.91 Å². The maximum absolute atomic E-state index is 13.0. The molecule has 0 radical (unpaired) electrons. The number of hydrogen-bond donors (Lipinski definition) is 1. The summed E-state index contributed by atoms with van der Waals surface area (Å²) in [6.45, 7) is 1.34. The molecule has 1 aromatic rings. The van der Waals surface area contributed by atoms with Crippen LogP contribution >= 0.6 is 0 Å². The van der Waals surface area contributed by atoms with Gasteiger partial charge in [-0.2, -0.15) is 0 Å². The number of nitrogens with two attached hydrogens (primary N) is 1. The van der Waals surface area contributed by atoms with E-state index in [-0.39, 0.29) is 23.6 Å². The molecule has 1 aliphatic rings. The molecular weight excluding hydrogens is 231 g/mol. The van der Waals surface area contributed by atoms with Crippen LogP contribution < -0.4 is 5.73 Å². The minimum Gasteiger partial charge on any atom is -0.345 e. The molecule has 0 atom stereocenters. The van der Waals surface area contributed by atoms with Gasteiger partial charge in [-0.25, -0.2) is 4.39 Å². The lowest BCUT2D eigenvalue weighted by molar-refractivity contribution is -0.129. The highest BCUT2D eigenvalue weighted by Gasteiger charge is 2.42. The molecule has 1 aromatic carbocycles. The van der Waals surface area contributed by atoms with Gasteiger partial charge in [0.15, 0.2) is 0 Å². The highest BCUT2D eigenvalue weighted by Crippen LogP contribution is 2.44. The first-order chi connectivity index (χ1) is 8.54. The van der Waals surface area contributed by atoms with E-state index in [1.54, 1.807) is 24.1 Å². The second-order valence-electron chi connectivity index (χ2n) is 5.26. The average Bonchev–Trinajstić information content (AvgIpc) is 3.09. The lowest BCUT2D eigenvalue weighted by Crippen LogP contribution is -2.36. The van der Waals surface area contributed by atoms with E-state index >= 15 is 0 Å². The zero-order valence-electron chi connectivity index (χ0n) is 10.7. The normalized spacial score (nSPS) is 16.4. The first kappa shape index (κ1) is 13.0. The van der Waals surface area contributed by atoms with E-state index in [9.17, 15) is 9.18 Å². The Morgan fingerprint density at radius 3 is 2.78 bits per heavy atom. The van der Waals surface area contributed by atoms with Crippen molar-refractivity contribution < 1.29 is 9.18 Å². The van der Waals surface area contributed by atoms with Gasteiger partial charge in [0.05, 0.1) is 6.42 Å². The maximum atomic E-state index is 13.0. The fourth-order valence-corrected chi connectivity index (χ4v) is 2.15. The topological polar surface area (TPSA) is 46.3 Å². The number of carbonyl (C=O) groups excluding carboxylic acids is 1. The van der Waals surface area contributed by atoms with Crippen molar-refractivity contribution in [1.82, 2.24) is 4.90 Å². The Morgan fingerprint density at radius 2 is 2.22 bits per heavy atom. The molecule has 2 rings (SSSR count). The van der Waals surface area contributed by atoms with Crippen molar-refractivity contribution in [2.75, 3.05) is 20.1 Å². The van der Waals surface area contributed by atoms with Crippen molar-refractivity contribution in [2.45, 2.75) is 19.3 Å². The van der Waals surface area contributed by atoms with Gasteiger partial charge in [0.25, 0.3) is 0 Å². The summed E-state index contributed by atoms with van der Waals surface area (Å²) < 4.78 is 13.0. The van der Waals surface area contributed by atoms with Gasteiger partial charge in [-0.15, -0.1) is 0 Å². The molecule has 18 heavy (non-hydrogen) atoms. The first-order valence-electron chi connectivity index (χ1n) is 6.23. The molecule has 3 nitrogen and oxygen atoms in total. The summed E-state index contributed by atoms with van der Waals surface area (Å²) in [5, 5.41) is 0. The quantitative estimate of drug-likeness (QED) is 0.862. The number of nitrogens with zero attached hydrogens (tertiary/aromatic N) is 1. The van der Waals surface area contributed by atoms with Crippen LogP contribution in [0.15, 0.2) is 24.3 Å². The van der Waals surface area contributed by atoms with Crippen molar-refractivity contribution in [1.29, 1.82) is 0 Å². The monoisotopic (exact) mass is 250 g/mol. The molecule has 0 aliphatic heterocycles. The van der Waals surface area contributed by atoms with Gasteiger partial charge in [0.1, 0.15) is 5.82 Å².